The van der Waals surface area contributed by atoms with Gasteiger partial charge in [0.2, 0.25) is 0 Å². The highest BCUT2D eigenvalue weighted by Gasteiger charge is 2.41. The van der Waals surface area contributed by atoms with E-state index in [4.69, 9.17) is 4.74 Å². The Bertz CT molecular complexity index is 573. The molecule has 2 heterocycles. The van der Waals surface area contributed by atoms with E-state index in [1.165, 1.54) is 68.3 Å². The smallest absolute Gasteiger partial charge is 0.113 e. The number of quaternary nitrogens is 1. The van der Waals surface area contributed by atoms with Crippen molar-refractivity contribution in [3.8, 4) is 0 Å². The minimum atomic E-state index is 0.430. The van der Waals surface area contributed by atoms with E-state index in [1.807, 2.05) is 0 Å². The van der Waals surface area contributed by atoms with Gasteiger partial charge in [0.05, 0.1) is 19.7 Å². The number of hydrogen-bond acceptors (Lipinski definition) is 1. The third kappa shape index (κ3) is 3.45. The van der Waals surface area contributed by atoms with Crippen LogP contribution in [0.15, 0.2) is 42.0 Å². The first kappa shape index (κ1) is 16.4. The normalized spacial score (nSPS) is 32.2. The van der Waals surface area contributed by atoms with E-state index in [0.29, 0.717) is 12.0 Å². The van der Waals surface area contributed by atoms with Crippen molar-refractivity contribution in [3.63, 3.8) is 0 Å². The van der Waals surface area contributed by atoms with Crippen molar-refractivity contribution in [2.24, 2.45) is 11.8 Å². The van der Waals surface area contributed by atoms with E-state index < -0.39 is 0 Å². The first-order valence-electron chi connectivity index (χ1n) is 9.91. The van der Waals surface area contributed by atoms with Crippen LogP contribution in [-0.2, 0) is 11.3 Å². The number of hydrogen-bond donors (Lipinski definition) is 0. The fourth-order valence-corrected chi connectivity index (χ4v) is 5.22. The van der Waals surface area contributed by atoms with Crippen LogP contribution in [-0.4, -0.2) is 36.8 Å². The van der Waals surface area contributed by atoms with Gasteiger partial charge >= 0.3 is 0 Å². The molecular formula is C22H32NO+. The van der Waals surface area contributed by atoms with Gasteiger partial charge in [-0.25, -0.2) is 0 Å². The minimum Gasteiger partial charge on any atom is -0.371 e. The zero-order chi connectivity index (χ0) is 16.4. The zero-order valence-corrected chi connectivity index (χ0v) is 15.1. The first-order valence-corrected chi connectivity index (χ1v) is 9.91. The van der Waals surface area contributed by atoms with Gasteiger partial charge in [0.25, 0.3) is 0 Å². The van der Waals surface area contributed by atoms with E-state index in [9.17, 15) is 0 Å². The fraction of sp³-hybridized carbons (Fsp3) is 0.636. The van der Waals surface area contributed by atoms with E-state index in [0.717, 1.165) is 12.5 Å². The zero-order valence-electron chi connectivity index (χ0n) is 15.1. The van der Waals surface area contributed by atoms with Crippen molar-refractivity contribution >= 4 is 0 Å². The van der Waals surface area contributed by atoms with Gasteiger partial charge in [0, 0.05) is 11.5 Å². The minimum absolute atomic E-state index is 0.430. The predicted octanol–water partition coefficient (Wildman–Crippen LogP) is 4.56. The molecule has 2 bridgehead atoms. The average Bonchev–Trinajstić information content (AvgIpc) is 2.62. The standard InChI is InChI=1S/C22H32NO/c1-18-10-11-20-14-21(18)22(24-17-20)16-23(12-6-3-7-13-23)15-19-8-4-2-5-9-19/h2,4-5,8-10,20-22H,3,6-7,11-17H2,1H3/q+1/t20-,21-,22-/m0/s1. The maximum absolute atomic E-state index is 6.42. The van der Waals surface area contributed by atoms with Crippen molar-refractivity contribution < 1.29 is 9.22 Å². The molecule has 2 aliphatic heterocycles. The van der Waals surface area contributed by atoms with Gasteiger partial charge in [-0.1, -0.05) is 42.0 Å². The summed E-state index contributed by atoms with van der Waals surface area (Å²) in [6.45, 7) is 8.36. The number of piperidine rings is 1. The summed E-state index contributed by atoms with van der Waals surface area (Å²) in [7, 11) is 0. The van der Waals surface area contributed by atoms with Crippen LogP contribution < -0.4 is 0 Å². The summed E-state index contributed by atoms with van der Waals surface area (Å²) < 4.78 is 7.66. The molecule has 2 nitrogen and oxygen atoms in total. The Hall–Kier alpha value is -1.12. The predicted molar refractivity (Wildman–Crippen MR) is 98.6 cm³/mol. The van der Waals surface area contributed by atoms with Gasteiger partial charge in [-0.15, -0.1) is 0 Å². The topological polar surface area (TPSA) is 9.23 Å². The largest absolute Gasteiger partial charge is 0.371 e. The van der Waals surface area contributed by atoms with Gasteiger partial charge in [-0.2, -0.15) is 0 Å². The monoisotopic (exact) mass is 326 g/mol. The summed E-state index contributed by atoms with van der Waals surface area (Å²) in [6.07, 6.45) is 9.68. The molecule has 1 aromatic rings. The molecule has 3 atom stereocenters. The third-order valence-corrected chi connectivity index (χ3v) is 6.63. The Morgan fingerprint density at radius 1 is 1.08 bits per heavy atom. The van der Waals surface area contributed by atoms with Crippen LogP contribution in [0.4, 0.5) is 0 Å². The van der Waals surface area contributed by atoms with Crippen LogP contribution in [0, 0.1) is 11.8 Å². The van der Waals surface area contributed by atoms with Gasteiger partial charge in [0.15, 0.2) is 0 Å². The average molecular weight is 327 g/mol. The number of allylic oxidation sites excluding steroid dienone is 1. The first-order chi connectivity index (χ1) is 11.7. The molecule has 0 aromatic heterocycles. The molecule has 2 saturated heterocycles. The van der Waals surface area contributed by atoms with Gasteiger partial charge in [-0.05, 0) is 44.9 Å². The molecule has 3 aliphatic rings. The van der Waals surface area contributed by atoms with Crippen molar-refractivity contribution in [2.45, 2.75) is 51.7 Å². The molecule has 130 valence electrons. The summed E-state index contributed by atoms with van der Waals surface area (Å²) in [5.74, 6) is 1.45. The highest BCUT2D eigenvalue weighted by molar-refractivity contribution is 5.14. The summed E-state index contributed by atoms with van der Waals surface area (Å²) in [5.41, 5.74) is 3.08. The van der Waals surface area contributed by atoms with Crippen LogP contribution in [0.5, 0.6) is 0 Å². The van der Waals surface area contributed by atoms with E-state index in [-0.39, 0.29) is 0 Å². The molecule has 0 N–H and O–H groups in total. The summed E-state index contributed by atoms with van der Waals surface area (Å²) in [6, 6.07) is 11.1. The van der Waals surface area contributed by atoms with Crippen molar-refractivity contribution in [3.05, 3.63) is 47.5 Å². The second kappa shape index (κ2) is 7.01. The van der Waals surface area contributed by atoms with Crippen LogP contribution >= 0.6 is 0 Å². The lowest BCUT2D eigenvalue weighted by Gasteiger charge is -2.47. The second-order valence-electron chi connectivity index (χ2n) is 8.44. The van der Waals surface area contributed by atoms with E-state index >= 15 is 0 Å². The molecule has 1 aliphatic carbocycles. The fourth-order valence-electron chi connectivity index (χ4n) is 5.22. The van der Waals surface area contributed by atoms with Crippen molar-refractivity contribution in [1.29, 1.82) is 0 Å². The Kier molecular flexibility index (Phi) is 4.78. The molecular weight excluding hydrogens is 294 g/mol. The van der Waals surface area contributed by atoms with Gasteiger partial charge in [-0.3, -0.25) is 0 Å². The van der Waals surface area contributed by atoms with Crippen LogP contribution in [0.25, 0.3) is 0 Å². The van der Waals surface area contributed by atoms with Crippen molar-refractivity contribution in [1.82, 2.24) is 0 Å². The Morgan fingerprint density at radius 3 is 2.67 bits per heavy atom. The highest BCUT2D eigenvalue weighted by Crippen LogP contribution is 2.38. The SMILES string of the molecule is CC1=CC[C@@H]2CO[C@@H](C[N+]3(Cc4ccccc4)CCCCC3)[C@H]1C2. The number of likely N-dealkylation sites (tertiary alicyclic amines) is 1. The van der Waals surface area contributed by atoms with E-state index in [1.54, 1.807) is 5.57 Å². The molecule has 2 heteroatoms. The Morgan fingerprint density at radius 2 is 1.88 bits per heavy atom. The van der Waals surface area contributed by atoms with Crippen LogP contribution in [0.1, 0.15) is 44.6 Å². The van der Waals surface area contributed by atoms with Crippen LogP contribution in [0.2, 0.25) is 0 Å². The lowest BCUT2D eigenvalue weighted by molar-refractivity contribution is -0.948. The maximum atomic E-state index is 6.42. The summed E-state index contributed by atoms with van der Waals surface area (Å²) >= 11 is 0. The highest BCUT2D eigenvalue weighted by atomic mass is 16.5. The summed E-state index contributed by atoms with van der Waals surface area (Å²) in [4.78, 5) is 0. The Labute approximate surface area is 147 Å². The van der Waals surface area contributed by atoms with E-state index in [2.05, 4.69) is 43.3 Å². The van der Waals surface area contributed by atoms with Gasteiger partial charge in [0.1, 0.15) is 19.2 Å². The molecule has 1 aromatic carbocycles. The molecule has 0 radical (unpaired) electrons. The lowest BCUT2D eigenvalue weighted by atomic mass is 9.76. The van der Waals surface area contributed by atoms with Crippen LogP contribution in [0.3, 0.4) is 0 Å². The quantitative estimate of drug-likeness (QED) is 0.582. The van der Waals surface area contributed by atoms with Gasteiger partial charge < -0.3 is 9.22 Å². The molecule has 24 heavy (non-hydrogen) atoms. The number of fused-ring (bicyclic) bond motifs is 2. The number of nitrogens with zero attached hydrogens (tertiary/aromatic N) is 1. The van der Waals surface area contributed by atoms with Crippen molar-refractivity contribution in [2.75, 3.05) is 26.2 Å². The molecule has 4 rings (SSSR count). The molecule has 2 fully saturated rings. The Balaban J connectivity index is 1.53. The number of ether oxygens (including phenoxy) is 1. The lowest BCUT2D eigenvalue weighted by Crippen LogP contribution is -2.57. The second-order valence-corrected chi connectivity index (χ2v) is 8.44. The number of benzene rings is 1. The molecule has 0 spiro atoms. The third-order valence-electron chi connectivity index (χ3n) is 6.63. The summed E-state index contributed by atoms with van der Waals surface area (Å²) in [5, 5.41) is 0. The molecule has 0 unspecified atom stereocenters. The number of rotatable bonds is 4. The molecule has 0 amide bonds. The maximum Gasteiger partial charge on any atom is 0.113 e. The molecule has 0 saturated carbocycles.